The van der Waals surface area contributed by atoms with E-state index in [1.54, 1.807) is 12.1 Å². The number of para-hydroxylation sites is 1. The summed E-state index contributed by atoms with van der Waals surface area (Å²) >= 11 is 0. The fourth-order valence-electron chi connectivity index (χ4n) is 2.29. The molecule has 2 aromatic rings. The van der Waals surface area contributed by atoms with Crippen molar-refractivity contribution in [3.8, 4) is 5.75 Å². The maximum atomic E-state index is 12.2. The van der Waals surface area contributed by atoms with Gasteiger partial charge in [0.15, 0.2) is 6.61 Å². The van der Waals surface area contributed by atoms with Crippen molar-refractivity contribution in [2.24, 2.45) is 0 Å². The molecule has 25 heavy (non-hydrogen) atoms. The number of benzene rings is 2. The zero-order chi connectivity index (χ0) is 18.4. The Labute approximate surface area is 148 Å². The minimum Gasteiger partial charge on any atom is -0.483 e. The second-order valence-corrected chi connectivity index (χ2v) is 7.34. The summed E-state index contributed by atoms with van der Waals surface area (Å²) in [4.78, 5) is 14.0. The Balaban J connectivity index is 1.92. The first-order valence-electron chi connectivity index (χ1n) is 7.92. The van der Waals surface area contributed by atoms with Crippen LogP contribution in [0.5, 0.6) is 5.75 Å². The van der Waals surface area contributed by atoms with Gasteiger partial charge in [0.25, 0.3) is 15.9 Å². The Morgan fingerprint density at radius 3 is 2.20 bits per heavy atom. The van der Waals surface area contributed by atoms with Crippen LogP contribution < -0.4 is 15.0 Å². The third kappa shape index (κ3) is 5.04. The molecule has 0 bridgehead atoms. The fraction of sp³-hybridized carbons (Fsp3) is 0.278. The predicted octanol–water partition coefficient (Wildman–Crippen LogP) is 2.25. The third-order valence-corrected chi connectivity index (χ3v) is 4.99. The summed E-state index contributed by atoms with van der Waals surface area (Å²) in [6.07, 6.45) is 0.820. The van der Waals surface area contributed by atoms with Crippen molar-refractivity contribution in [3.05, 3.63) is 59.2 Å². The van der Waals surface area contributed by atoms with E-state index in [9.17, 15) is 13.2 Å². The molecule has 0 aliphatic rings. The van der Waals surface area contributed by atoms with E-state index in [0.29, 0.717) is 5.75 Å². The van der Waals surface area contributed by atoms with Crippen LogP contribution in [0.25, 0.3) is 0 Å². The number of hydrazine groups is 1. The van der Waals surface area contributed by atoms with Crippen molar-refractivity contribution < 1.29 is 17.9 Å². The van der Waals surface area contributed by atoms with Crippen molar-refractivity contribution in [1.29, 1.82) is 0 Å². The first kappa shape index (κ1) is 19.0. The standard InChI is InChI=1S/C18H22N2O4S/c1-4-15-8-10-16(11-9-15)25(22,23)20-19-17(21)12-24-18-13(2)6-5-7-14(18)3/h5-11,20H,4,12H2,1-3H3,(H,19,21). The second-order valence-electron chi connectivity index (χ2n) is 5.66. The molecule has 0 heterocycles. The second kappa shape index (κ2) is 8.13. The summed E-state index contributed by atoms with van der Waals surface area (Å²) in [5, 5.41) is 0. The molecule has 0 atom stereocenters. The van der Waals surface area contributed by atoms with Crippen LogP contribution in [-0.2, 0) is 21.2 Å². The molecule has 0 aromatic heterocycles. The van der Waals surface area contributed by atoms with Gasteiger partial charge in [-0.2, -0.15) is 0 Å². The monoisotopic (exact) mass is 362 g/mol. The van der Waals surface area contributed by atoms with E-state index in [1.807, 2.05) is 39.0 Å². The summed E-state index contributed by atoms with van der Waals surface area (Å²) in [5.41, 5.74) is 5.00. The van der Waals surface area contributed by atoms with Crippen LogP contribution in [0, 0.1) is 13.8 Å². The number of amides is 1. The molecule has 0 radical (unpaired) electrons. The summed E-state index contributed by atoms with van der Waals surface area (Å²) in [6, 6.07) is 12.1. The fourth-order valence-corrected chi connectivity index (χ4v) is 3.15. The molecule has 2 N–H and O–H groups in total. The van der Waals surface area contributed by atoms with Gasteiger partial charge in [-0.05, 0) is 49.1 Å². The highest BCUT2D eigenvalue weighted by molar-refractivity contribution is 7.89. The molecule has 6 nitrogen and oxygen atoms in total. The van der Waals surface area contributed by atoms with Gasteiger partial charge in [0, 0.05) is 0 Å². The van der Waals surface area contributed by atoms with Gasteiger partial charge in [-0.25, -0.2) is 8.42 Å². The molecule has 0 saturated carbocycles. The molecule has 0 fully saturated rings. The maximum Gasteiger partial charge on any atom is 0.272 e. The normalized spacial score (nSPS) is 11.2. The molecule has 134 valence electrons. The summed E-state index contributed by atoms with van der Waals surface area (Å²) in [7, 11) is -3.82. The number of nitrogens with one attached hydrogen (secondary N) is 2. The zero-order valence-corrected chi connectivity index (χ0v) is 15.3. The van der Waals surface area contributed by atoms with Crippen LogP contribution in [0.4, 0.5) is 0 Å². The number of ether oxygens (including phenoxy) is 1. The van der Waals surface area contributed by atoms with Crippen LogP contribution >= 0.6 is 0 Å². The molecular formula is C18H22N2O4S. The number of sulfonamides is 1. The van der Waals surface area contributed by atoms with E-state index in [4.69, 9.17) is 4.74 Å². The Morgan fingerprint density at radius 2 is 1.64 bits per heavy atom. The third-order valence-electron chi connectivity index (χ3n) is 3.72. The summed E-state index contributed by atoms with van der Waals surface area (Å²) < 4.78 is 29.8. The molecule has 0 spiro atoms. The highest BCUT2D eigenvalue weighted by Gasteiger charge is 2.15. The van der Waals surface area contributed by atoms with E-state index in [-0.39, 0.29) is 11.5 Å². The lowest BCUT2D eigenvalue weighted by Crippen LogP contribution is -2.43. The first-order chi connectivity index (χ1) is 11.8. The smallest absolute Gasteiger partial charge is 0.272 e. The summed E-state index contributed by atoms with van der Waals surface area (Å²) in [6.45, 7) is 5.45. The highest BCUT2D eigenvalue weighted by Crippen LogP contribution is 2.22. The average molecular weight is 362 g/mol. The lowest BCUT2D eigenvalue weighted by Gasteiger charge is -2.12. The number of aryl methyl sites for hydroxylation is 3. The molecule has 2 rings (SSSR count). The molecular weight excluding hydrogens is 340 g/mol. The van der Waals surface area contributed by atoms with Gasteiger partial charge in [0.1, 0.15) is 5.75 Å². The van der Waals surface area contributed by atoms with Crippen molar-refractivity contribution in [2.45, 2.75) is 32.1 Å². The van der Waals surface area contributed by atoms with E-state index in [1.165, 1.54) is 12.1 Å². The minimum atomic E-state index is -3.82. The molecule has 0 aliphatic heterocycles. The SMILES string of the molecule is CCc1ccc(S(=O)(=O)NNC(=O)COc2c(C)cccc2C)cc1. The van der Waals surface area contributed by atoms with E-state index in [2.05, 4.69) is 10.3 Å². The minimum absolute atomic E-state index is 0.0840. The van der Waals surface area contributed by atoms with Crippen molar-refractivity contribution in [2.75, 3.05) is 6.61 Å². The molecule has 0 unspecified atom stereocenters. The van der Waals surface area contributed by atoms with Crippen LogP contribution in [-0.4, -0.2) is 20.9 Å². The summed E-state index contributed by atoms with van der Waals surface area (Å²) in [5.74, 6) is 0.0343. The lowest BCUT2D eigenvalue weighted by atomic mass is 10.1. The van der Waals surface area contributed by atoms with Crippen LogP contribution in [0.2, 0.25) is 0 Å². The van der Waals surface area contributed by atoms with Gasteiger partial charge < -0.3 is 4.74 Å². The molecule has 0 aliphatic carbocycles. The molecule has 1 amide bonds. The Hall–Kier alpha value is -2.38. The molecule has 0 saturated heterocycles. The quantitative estimate of drug-likeness (QED) is 0.740. The van der Waals surface area contributed by atoms with Crippen LogP contribution in [0.3, 0.4) is 0 Å². The van der Waals surface area contributed by atoms with Crippen molar-refractivity contribution >= 4 is 15.9 Å². The van der Waals surface area contributed by atoms with E-state index in [0.717, 1.165) is 23.1 Å². The van der Waals surface area contributed by atoms with Gasteiger partial charge in [0.05, 0.1) is 4.90 Å². The Bertz CT molecular complexity index is 826. The van der Waals surface area contributed by atoms with Gasteiger partial charge in [0.2, 0.25) is 0 Å². The Kier molecular flexibility index (Phi) is 6.17. The number of hydrogen-bond donors (Lipinski definition) is 2. The van der Waals surface area contributed by atoms with Gasteiger partial charge in [-0.15, -0.1) is 4.83 Å². The van der Waals surface area contributed by atoms with Gasteiger partial charge in [-0.3, -0.25) is 10.2 Å². The molecule has 7 heteroatoms. The van der Waals surface area contributed by atoms with Crippen molar-refractivity contribution in [1.82, 2.24) is 10.3 Å². The highest BCUT2D eigenvalue weighted by atomic mass is 32.2. The predicted molar refractivity (Wildman–Crippen MR) is 95.7 cm³/mol. The Morgan fingerprint density at radius 1 is 1.04 bits per heavy atom. The average Bonchev–Trinajstić information content (AvgIpc) is 2.59. The van der Waals surface area contributed by atoms with E-state index >= 15 is 0 Å². The first-order valence-corrected chi connectivity index (χ1v) is 9.40. The number of carbonyl (C=O) groups is 1. The number of hydrogen-bond acceptors (Lipinski definition) is 4. The van der Waals surface area contributed by atoms with Gasteiger partial charge >= 0.3 is 0 Å². The number of rotatable bonds is 7. The molecule has 2 aromatic carbocycles. The van der Waals surface area contributed by atoms with Crippen molar-refractivity contribution in [3.63, 3.8) is 0 Å². The lowest BCUT2D eigenvalue weighted by molar-refractivity contribution is -0.123. The zero-order valence-electron chi connectivity index (χ0n) is 14.5. The largest absolute Gasteiger partial charge is 0.483 e. The number of carbonyl (C=O) groups excluding carboxylic acids is 1. The van der Waals surface area contributed by atoms with Gasteiger partial charge in [-0.1, -0.05) is 37.3 Å². The van der Waals surface area contributed by atoms with Crippen LogP contribution in [0.1, 0.15) is 23.6 Å². The van der Waals surface area contributed by atoms with Crippen LogP contribution in [0.15, 0.2) is 47.4 Å². The van der Waals surface area contributed by atoms with E-state index < -0.39 is 15.9 Å². The topological polar surface area (TPSA) is 84.5 Å². The maximum absolute atomic E-state index is 12.2.